The zero-order chi connectivity index (χ0) is 15.9. The van der Waals surface area contributed by atoms with Crippen LogP contribution in [-0.2, 0) is 9.59 Å². The van der Waals surface area contributed by atoms with Gasteiger partial charge in [0.25, 0.3) is 5.91 Å². The highest BCUT2D eigenvalue weighted by Gasteiger charge is 2.05. The first-order valence-electron chi connectivity index (χ1n) is 6.90. The molecule has 2 N–H and O–H groups in total. The first kappa shape index (κ1) is 15.6. The molecule has 0 saturated heterocycles. The molecule has 22 heavy (non-hydrogen) atoms. The van der Waals surface area contributed by atoms with E-state index in [0.717, 1.165) is 11.3 Å². The monoisotopic (exact) mass is 298 g/mol. The van der Waals surface area contributed by atoms with Crippen LogP contribution >= 0.6 is 0 Å². The zero-order valence-corrected chi connectivity index (χ0v) is 12.6. The van der Waals surface area contributed by atoms with Gasteiger partial charge in [-0.1, -0.05) is 18.2 Å². The van der Waals surface area contributed by atoms with Crippen molar-refractivity contribution in [2.75, 3.05) is 17.2 Å². The lowest BCUT2D eigenvalue weighted by Crippen LogP contribution is -2.20. The molecule has 0 heterocycles. The van der Waals surface area contributed by atoms with Crippen molar-refractivity contribution in [1.82, 2.24) is 0 Å². The van der Waals surface area contributed by atoms with Crippen LogP contribution in [0.5, 0.6) is 5.75 Å². The van der Waals surface area contributed by atoms with E-state index in [1.807, 2.05) is 31.2 Å². The number of amides is 2. The van der Waals surface area contributed by atoms with Gasteiger partial charge < -0.3 is 15.4 Å². The minimum atomic E-state index is -0.240. The molecule has 0 fully saturated rings. The van der Waals surface area contributed by atoms with E-state index < -0.39 is 0 Å². The van der Waals surface area contributed by atoms with E-state index in [2.05, 4.69) is 10.6 Å². The summed E-state index contributed by atoms with van der Waals surface area (Å²) in [6.07, 6.45) is 0. The molecule has 2 rings (SSSR count). The fraction of sp³-hybridized carbons (Fsp3) is 0.176. The molecule has 0 saturated carbocycles. The summed E-state index contributed by atoms with van der Waals surface area (Å²) in [5.41, 5.74) is 2.44. The minimum Gasteiger partial charge on any atom is -0.484 e. The average molecular weight is 298 g/mol. The van der Waals surface area contributed by atoms with Crippen molar-refractivity contribution in [3.63, 3.8) is 0 Å². The number of nitrogens with one attached hydrogen (secondary N) is 2. The molecular weight excluding hydrogens is 280 g/mol. The van der Waals surface area contributed by atoms with Crippen molar-refractivity contribution in [3.05, 3.63) is 54.1 Å². The second-order valence-electron chi connectivity index (χ2n) is 4.92. The van der Waals surface area contributed by atoms with Gasteiger partial charge in [-0.3, -0.25) is 9.59 Å². The SMILES string of the molecule is CC(=O)Nc1cccc(OCC(=O)Nc2cccc(C)c2)c1. The molecule has 2 aromatic rings. The Kier molecular flexibility index (Phi) is 5.14. The van der Waals surface area contributed by atoms with Gasteiger partial charge in [0.2, 0.25) is 5.91 Å². The molecule has 0 aliphatic carbocycles. The Bertz CT molecular complexity index is 683. The highest BCUT2D eigenvalue weighted by Crippen LogP contribution is 2.17. The van der Waals surface area contributed by atoms with Gasteiger partial charge in [-0.2, -0.15) is 0 Å². The maximum absolute atomic E-state index is 11.9. The molecular formula is C17H18N2O3. The Hall–Kier alpha value is -2.82. The number of benzene rings is 2. The average Bonchev–Trinajstić information content (AvgIpc) is 2.45. The zero-order valence-electron chi connectivity index (χ0n) is 12.6. The minimum absolute atomic E-state index is 0.0997. The van der Waals surface area contributed by atoms with Crippen molar-refractivity contribution < 1.29 is 14.3 Å². The van der Waals surface area contributed by atoms with Crippen molar-refractivity contribution in [1.29, 1.82) is 0 Å². The predicted octanol–water partition coefficient (Wildman–Crippen LogP) is 2.97. The quantitative estimate of drug-likeness (QED) is 0.891. The third-order valence-electron chi connectivity index (χ3n) is 2.83. The fourth-order valence-electron chi connectivity index (χ4n) is 1.94. The Balaban J connectivity index is 1.89. The van der Waals surface area contributed by atoms with Crippen molar-refractivity contribution >= 4 is 23.2 Å². The molecule has 0 unspecified atom stereocenters. The highest BCUT2D eigenvalue weighted by molar-refractivity contribution is 5.92. The lowest BCUT2D eigenvalue weighted by molar-refractivity contribution is -0.118. The molecule has 0 aliphatic rings. The van der Waals surface area contributed by atoms with Gasteiger partial charge in [-0.15, -0.1) is 0 Å². The van der Waals surface area contributed by atoms with Gasteiger partial charge in [0.1, 0.15) is 5.75 Å². The van der Waals surface area contributed by atoms with E-state index >= 15 is 0 Å². The Morgan fingerprint density at radius 3 is 2.36 bits per heavy atom. The number of hydrogen-bond donors (Lipinski definition) is 2. The van der Waals surface area contributed by atoms with Crippen LogP contribution in [0.3, 0.4) is 0 Å². The summed E-state index contributed by atoms with van der Waals surface area (Å²) in [7, 11) is 0. The van der Waals surface area contributed by atoms with Crippen LogP contribution in [0.4, 0.5) is 11.4 Å². The van der Waals surface area contributed by atoms with Crippen LogP contribution < -0.4 is 15.4 Å². The molecule has 114 valence electrons. The first-order valence-corrected chi connectivity index (χ1v) is 6.90. The molecule has 2 aromatic carbocycles. The Morgan fingerprint density at radius 1 is 1.00 bits per heavy atom. The van der Waals surface area contributed by atoms with Gasteiger partial charge >= 0.3 is 0 Å². The van der Waals surface area contributed by atoms with Crippen LogP contribution in [-0.4, -0.2) is 18.4 Å². The Labute approximate surface area is 129 Å². The lowest BCUT2D eigenvalue weighted by Gasteiger charge is -2.09. The third kappa shape index (κ3) is 4.94. The molecule has 2 amide bonds. The standard InChI is InChI=1S/C17H18N2O3/c1-12-5-3-6-14(9-12)19-17(21)11-22-16-8-4-7-15(10-16)18-13(2)20/h3-10H,11H2,1-2H3,(H,18,20)(H,19,21). The van der Waals surface area contributed by atoms with E-state index in [0.29, 0.717) is 11.4 Å². The normalized spacial score (nSPS) is 9.91. The van der Waals surface area contributed by atoms with Crippen molar-refractivity contribution in [3.8, 4) is 5.75 Å². The van der Waals surface area contributed by atoms with Crippen LogP contribution in [0.15, 0.2) is 48.5 Å². The summed E-state index contributed by atoms with van der Waals surface area (Å²) in [6.45, 7) is 3.29. The summed E-state index contributed by atoms with van der Waals surface area (Å²) in [5.74, 6) is 0.121. The Morgan fingerprint density at radius 2 is 1.68 bits per heavy atom. The third-order valence-corrected chi connectivity index (χ3v) is 2.83. The highest BCUT2D eigenvalue weighted by atomic mass is 16.5. The topological polar surface area (TPSA) is 67.4 Å². The number of aryl methyl sites for hydroxylation is 1. The fourth-order valence-corrected chi connectivity index (χ4v) is 1.94. The largest absolute Gasteiger partial charge is 0.484 e. The van der Waals surface area contributed by atoms with E-state index in [-0.39, 0.29) is 18.4 Å². The summed E-state index contributed by atoms with van der Waals surface area (Å²) < 4.78 is 5.43. The lowest BCUT2D eigenvalue weighted by atomic mass is 10.2. The van der Waals surface area contributed by atoms with Gasteiger partial charge in [0.05, 0.1) is 0 Å². The van der Waals surface area contributed by atoms with Crippen LogP contribution in [0.2, 0.25) is 0 Å². The van der Waals surface area contributed by atoms with E-state index in [1.165, 1.54) is 6.92 Å². The van der Waals surface area contributed by atoms with Gasteiger partial charge in [0, 0.05) is 24.4 Å². The van der Waals surface area contributed by atoms with E-state index in [1.54, 1.807) is 24.3 Å². The molecule has 0 radical (unpaired) electrons. The molecule has 0 spiro atoms. The summed E-state index contributed by atoms with van der Waals surface area (Å²) in [6, 6.07) is 14.4. The maximum Gasteiger partial charge on any atom is 0.262 e. The molecule has 0 atom stereocenters. The number of hydrogen-bond acceptors (Lipinski definition) is 3. The summed E-state index contributed by atoms with van der Waals surface area (Å²) >= 11 is 0. The molecule has 5 nitrogen and oxygen atoms in total. The molecule has 0 aromatic heterocycles. The van der Waals surface area contributed by atoms with Gasteiger partial charge in [-0.25, -0.2) is 0 Å². The van der Waals surface area contributed by atoms with Crippen LogP contribution in [0, 0.1) is 6.92 Å². The van der Waals surface area contributed by atoms with Gasteiger partial charge in [0.15, 0.2) is 6.61 Å². The molecule has 0 aliphatic heterocycles. The number of carbonyl (C=O) groups is 2. The summed E-state index contributed by atoms with van der Waals surface area (Å²) in [4.78, 5) is 22.9. The second kappa shape index (κ2) is 7.26. The van der Waals surface area contributed by atoms with E-state index in [4.69, 9.17) is 4.74 Å². The summed E-state index contributed by atoms with van der Waals surface area (Å²) in [5, 5.41) is 5.43. The molecule has 0 bridgehead atoms. The van der Waals surface area contributed by atoms with Crippen molar-refractivity contribution in [2.45, 2.75) is 13.8 Å². The van der Waals surface area contributed by atoms with Gasteiger partial charge in [-0.05, 0) is 36.8 Å². The predicted molar refractivity (Wildman–Crippen MR) is 86.0 cm³/mol. The molecule has 5 heteroatoms. The van der Waals surface area contributed by atoms with E-state index in [9.17, 15) is 9.59 Å². The number of rotatable bonds is 5. The number of ether oxygens (including phenoxy) is 1. The number of anilines is 2. The smallest absolute Gasteiger partial charge is 0.262 e. The van der Waals surface area contributed by atoms with Crippen LogP contribution in [0.25, 0.3) is 0 Å². The first-order chi connectivity index (χ1) is 10.5. The maximum atomic E-state index is 11.9. The van der Waals surface area contributed by atoms with Crippen LogP contribution in [0.1, 0.15) is 12.5 Å². The second-order valence-corrected chi connectivity index (χ2v) is 4.92. The van der Waals surface area contributed by atoms with Crippen molar-refractivity contribution in [2.24, 2.45) is 0 Å². The number of carbonyl (C=O) groups excluding carboxylic acids is 2.